The van der Waals surface area contributed by atoms with Crippen molar-refractivity contribution in [3.05, 3.63) is 22.0 Å². The lowest BCUT2D eigenvalue weighted by atomic mass is 9.97. The first-order chi connectivity index (χ1) is 11.3. The highest BCUT2D eigenvalue weighted by atomic mass is 127. The lowest BCUT2D eigenvalue weighted by Gasteiger charge is -2.33. The highest BCUT2D eigenvalue weighted by molar-refractivity contribution is 14.1. The fourth-order valence-corrected chi connectivity index (χ4v) is 3.47. The van der Waals surface area contributed by atoms with Crippen molar-refractivity contribution in [1.29, 1.82) is 0 Å². The standard InChI is InChI=1S/C17H23IN4O2/c1-17(2,3)24-16(23)21-8-5-12(6-9-21)10-22-11-14-15(20-22)13(18)4-7-19-14/h4,7,11-12H,5-6,8-10H2,1-3H3. The van der Waals surface area contributed by atoms with Crippen LogP contribution in [0.2, 0.25) is 0 Å². The molecule has 0 unspecified atom stereocenters. The minimum atomic E-state index is -0.437. The minimum Gasteiger partial charge on any atom is -0.444 e. The van der Waals surface area contributed by atoms with Crippen LogP contribution < -0.4 is 0 Å². The number of piperidine rings is 1. The van der Waals surface area contributed by atoms with Gasteiger partial charge in [0.2, 0.25) is 0 Å². The Hall–Kier alpha value is -1.38. The summed E-state index contributed by atoms with van der Waals surface area (Å²) in [6.07, 6.45) is 5.57. The molecular weight excluding hydrogens is 419 g/mol. The predicted octanol–water partition coefficient (Wildman–Crippen LogP) is 3.68. The lowest BCUT2D eigenvalue weighted by molar-refractivity contribution is 0.0177. The van der Waals surface area contributed by atoms with Gasteiger partial charge in [0.1, 0.15) is 16.6 Å². The lowest BCUT2D eigenvalue weighted by Crippen LogP contribution is -2.42. The van der Waals surface area contributed by atoms with Crippen LogP contribution in [0.3, 0.4) is 0 Å². The summed E-state index contributed by atoms with van der Waals surface area (Å²) in [7, 11) is 0. The molecule has 7 heteroatoms. The Bertz CT molecular complexity index is 730. The number of hydrogen-bond donors (Lipinski definition) is 0. The Morgan fingerprint density at radius 1 is 1.38 bits per heavy atom. The smallest absolute Gasteiger partial charge is 0.410 e. The van der Waals surface area contributed by atoms with Gasteiger partial charge in [-0.15, -0.1) is 0 Å². The van der Waals surface area contributed by atoms with Crippen LogP contribution in [0.1, 0.15) is 33.6 Å². The van der Waals surface area contributed by atoms with Crippen LogP contribution in [0.15, 0.2) is 18.5 Å². The van der Waals surface area contributed by atoms with Gasteiger partial charge in [-0.1, -0.05) is 0 Å². The van der Waals surface area contributed by atoms with Crippen LogP contribution in [0.25, 0.3) is 11.0 Å². The molecule has 2 aromatic heterocycles. The first kappa shape index (κ1) is 17.4. The number of nitrogens with zero attached hydrogens (tertiary/aromatic N) is 4. The summed E-state index contributed by atoms with van der Waals surface area (Å²) in [5.41, 5.74) is 1.46. The number of carbonyl (C=O) groups is 1. The Morgan fingerprint density at radius 2 is 2.08 bits per heavy atom. The molecule has 1 aliphatic rings. The Kier molecular flexibility index (Phi) is 4.98. The molecule has 3 heterocycles. The maximum absolute atomic E-state index is 12.1. The number of amides is 1. The zero-order valence-electron chi connectivity index (χ0n) is 14.3. The molecule has 0 radical (unpaired) electrons. The van der Waals surface area contributed by atoms with Gasteiger partial charge in [-0.25, -0.2) is 4.79 Å². The van der Waals surface area contributed by atoms with E-state index < -0.39 is 5.60 Å². The molecule has 1 amide bonds. The van der Waals surface area contributed by atoms with E-state index in [1.54, 1.807) is 0 Å². The SMILES string of the molecule is CC(C)(C)OC(=O)N1CCC(Cn2cc3nccc(I)c3n2)CC1. The predicted molar refractivity (Wildman–Crippen MR) is 101 cm³/mol. The molecule has 3 rings (SSSR count). The van der Waals surface area contributed by atoms with E-state index in [4.69, 9.17) is 4.74 Å². The molecule has 0 spiro atoms. The average molecular weight is 442 g/mol. The van der Waals surface area contributed by atoms with Gasteiger partial charge in [-0.3, -0.25) is 9.67 Å². The van der Waals surface area contributed by atoms with Crippen LogP contribution in [0.4, 0.5) is 4.79 Å². The first-order valence-corrected chi connectivity index (χ1v) is 9.35. The van der Waals surface area contributed by atoms with E-state index in [-0.39, 0.29) is 6.09 Å². The quantitative estimate of drug-likeness (QED) is 0.666. The van der Waals surface area contributed by atoms with Crippen molar-refractivity contribution in [2.24, 2.45) is 5.92 Å². The maximum Gasteiger partial charge on any atom is 0.410 e. The van der Waals surface area contributed by atoms with Gasteiger partial charge in [-0.05, 0) is 68.2 Å². The number of ether oxygens (including phenoxy) is 1. The molecule has 0 N–H and O–H groups in total. The second-order valence-corrected chi connectivity index (χ2v) is 8.45. The highest BCUT2D eigenvalue weighted by Gasteiger charge is 2.27. The Balaban J connectivity index is 1.57. The number of likely N-dealkylation sites (tertiary alicyclic amines) is 1. The number of halogens is 1. The molecule has 0 saturated carbocycles. The molecule has 2 aromatic rings. The zero-order valence-corrected chi connectivity index (χ0v) is 16.5. The van der Waals surface area contributed by atoms with Crippen molar-refractivity contribution in [3.63, 3.8) is 0 Å². The van der Waals surface area contributed by atoms with Crippen molar-refractivity contribution in [3.8, 4) is 0 Å². The molecule has 1 aliphatic heterocycles. The molecule has 24 heavy (non-hydrogen) atoms. The Labute approximate surface area is 155 Å². The van der Waals surface area contributed by atoms with E-state index in [1.807, 2.05) is 48.8 Å². The summed E-state index contributed by atoms with van der Waals surface area (Å²) < 4.78 is 8.56. The number of rotatable bonds is 2. The maximum atomic E-state index is 12.1. The van der Waals surface area contributed by atoms with Crippen LogP contribution >= 0.6 is 22.6 Å². The third-order valence-corrected chi connectivity index (χ3v) is 4.99. The summed E-state index contributed by atoms with van der Waals surface area (Å²) >= 11 is 2.29. The summed E-state index contributed by atoms with van der Waals surface area (Å²) in [4.78, 5) is 18.3. The van der Waals surface area contributed by atoms with E-state index in [0.717, 1.165) is 47.1 Å². The van der Waals surface area contributed by atoms with Gasteiger partial charge in [0.05, 0.1) is 6.20 Å². The van der Waals surface area contributed by atoms with E-state index in [0.29, 0.717) is 5.92 Å². The monoisotopic (exact) mass is 442 g/mol. The van der Waals surface area contributed by atoms with Gasteiger partial charge < -0.3 is 9.64 Å². The molecule has 0 aromatic carbocycles. The number of carbonyl (C=O) groups excluding carboxylic acids is 1. The van der Waals surface area contributed by atoms with E-state index in [1.165, 1.54) is 0 Å². The van der Waals surface area contributed by atoms with Gasteiger partial charge in [0.25, 0.3) is 0 Å². The first-order valence-electron chi connectivity index (χ1n) is 8.27. The highest BCUT2D eigenvalue weighted by Crippen LogP contribution is 2.22. The van der Waals surface area contributed by atoms with Crippen molar-refractivity contribution >= 4 is 39.7 Å². The average Bonchev–Trinajstić information content (AvgIpc) is 2.90. The summed E-state index contributed by atoms with van der Waals surface area (Å²) in [5, 5.41) is 4.65. The third kappa shape index (κ3) is 4.17. The number of pyridine rings is 1. The number of fused-ring (bicyclic) bond motifs is 1. The van der Waals surface area contributed by atoms with Gasteiger partial charge in [0.15, 0.2) is 0 Å². The normalized spacial score (nSPS) is 16.6. The van der Waals surface area contributed by atoms with Crippen LogP contribution in [0, 0.1) is 9.49 Å². The largest absolute Gasteiger partial charge is 0.444 e. The minimum absolute atomic E-state index is 0.204. The van der Waals surface area contributed by atoms with Crippen molar-refractivity contribution < 1.29 is 9.53 Å². The van der Waals surface area contributed by atoms with Gasteiger partial charge >= 0.3 is 6.09 Å². The van der Waals surface area contributed by atoms with Crippen molar-refractivity contribution in [2.45, 2.75) is 45.8 Å². The van der Waals surface area contributed by atoms with Crippen LogP contribution in [0.5, 0.6) is 0 Å². The molecule has 0 atom stereocenters. The van der Waals surface area contributed by atoms with Crippen molar-refractivity contribution in [2.75, 3.05) is 13.1 Å². The Morgan fingerprint density at radius 3 is 2.71 bits per heavy atom. The molecule has 1 fully saturated rings. The number of aromatic nitrogens is 3. The summed E-state index contributed by atoms with van der Waals surface area (Å²) in [6.45, 7) is 8.06. The molecule has 6 nitrogen and oxygen atoms in total. The summed E-state index contributed by atoms with van der Waals surface area (Å²) in [6, 6.07) is 1.97. The van der Waals surface area contributed by atoms with Crippen LogP contribution in [-0.4, -0.2) is 44.4 Å². The van der Waals surface area contributed by atoms with E-state index >= 15 is 0 Å². The molecule has 0 bridgehead atoms. The molecule has 130 valence electrons. The second kappa shape index (κ2) is 6.85. The van der Waals surface area contributed by atoms with Gasteiger partial charge in [0, 0.05) is 29.4 Å². The van der Waals surface area contributed by atoms with E-state index in [9.17, 15) is 4.79 Å². The van der Waals surface area contributed by atoms with Crippen LogP contribution in [-0.2, 0) is 11.3 Å². The molecule has 1 saturated heterocycles. The summed E-state index contributed by atoms with van der Waals surface area (Å²) in [5.74, 6) is 0.524. The fourth-order valence-electron chi connectivity index (χ4n) is 2.92. The topological polar surface area (TPSA) is 60.2 Å². The van der Waals surface area contributed by atoms with Gasteiger partial charge in [-0.2, -0.15) is 5.10 Å². The van der Waals surface area contributed by atoms with E-state index in [2.05, 4.69) is 32.7 Å². The zero-order chi connectivity index (χ0) is 17.3. The molecule has 0 aliphatic carbocycles. The second-order valence-electron chi connectivity index (χ2n) is 7.29. The third-order valence-electron chi connectivity index (χ3n) is 4.11. The van der Waals surface area contributed by atoms with Crippen molar-refractivity contribution in [1.82, 2.24) is 19.7 Å². The fraction of sp³-hybridized carbons (Fsp3) is 0.588. The number of hydrogen-bond acceptors (Lipinski definition) is 4. The molecular formula is C17H23IN4O2.